The fourth-order valence-electron chi connectivity index (χ4n) is 3.30. The van der Waals surface area contributed by atoms with Crippen LogP contribution in [-0.2, 0) is 4.79 Å². The second-order valence-corrected chi connectivity index (χ2v) is 6.93. The van der Waals surface area contributed by atoms with Crippen molar-refractivity contribution < 1.29 is 4.79 Å². The monoisotopic (exact) mass is 311 g/mol. The molecule has 0 spiro atoms. The highest BCUT2D eigenvalue weighted by Crippen LogP contribution is 2.30. The third kappa shape index (κ3) is 3.23. The molecule has 2 aromatic carbocycles. The summed E-state index contributed by atoms with van der Waals surface area (Å²) in [6.45, 7) is 6.65. The third-order valence-electron chi connectivity index (χ3n) is 5.05. The van der Waals surface area contributed by atoms with Crippen LogP contribution in [0.1, 0.15) is 20.3 Å². The van der Waals surface area contributed by atoms with Crippen LogP contribution in [0.25, 0.3) is 10.8 Å². The number of benzene rings is 2. The maximum absolute atomic E-state index is 12.7. The molecule has 3 N–H and O–H groups in total. The highest BCUT2D eigenvalue weighted by molar-refractivity contribution is 6.03. The standard InChI is InChI=1S/C19H25N3O/c1-14(22-11-10-19(2,12-20)13-22)18(23)21-17-9-5-7-15-6-3-4-8-16(15)17/h3-9,14H,10-13,20H2,1-2H3,(H,21,23). The summed E-state index contributed by atoms with van der Waals surface area (Å²) in [5, 5.41) is 5.30. The highest BCUT2D eigenvalue weighted by Gasteiger charge is 2.36. The van der Waals surface area contributed by atoms with E-state index in [-0.39, 0.29) is 17.4 Å². The summed E-state index contributed by atoms with van der Waals surface area (Å²) < 4.78 is 0. The number of nitrogens with two attached hydrogens (primary N) is 1. The number of amides is 1. The number of fused-ring (bicyclic) bond motifs is 1. The summed E-state index contributed by atoms with van der Waals surface area (Å²) in [6.07, 6.45) is 1.05. The van der Waals surface area contributed by atoms with E-state index in [0.29, 0.717) is 6.54 Å². The number of hydrogen-bond donors (Lipinski definition) is 2. The molecule has 1 saturated heterocycles. The van der Waals surface area contributed by atoms with Gasteiger partial charge in [-0.3, -0.25) is 9.69 Å². The molecule has 1 heterocycles. The van der Waals surface area contributed by atoms with Crippen LogP contribution in [0, 0.1) is 5.41 Å². The molecular formula is C19H25N3O. The largest absolute Gasteiger partial charge is 0.330 e. The number of anilines is 1. The van der Waals surface area contributed by atoms with E-state index in [0.717, 1.165) is 36.0 Å². The Kier molecular flexibility index (Phi) is 4.37. The Morgan fingerprint density at radius 2 is 2.04 bits per heavy atom. The van der Waals surface area contributed by atoms with Crippen molar-refractivity contribution in [1.29, 1.82) is 0 Å². The number of carbonyl (C=O) groups is 1. The number of nitrogens with zero attached hydrogens (tertiary/aromatic N) is 1. The van der Waals surface area contributed by atoms with Crippen molar-refractivity contribution in [1.82, 2.24) is 4.90 Å². The smallest absolute Gasteiger partial charge is 0.241 e. The van der Waals surface area contributed by atoms with Crippen LogP contribution in [-0.4, -0.2) is 36.5 Å². The van der Waals surface area contributed by atoms with Crippen molar-refractivity contribution in [2.45, 2.75) is 26.3 Å². The van der Waals surface area contributed by atoms with E-state index < -0.39 is 0 Å². The number of rotatable bonds is 4. The average Bonchev–Trinajstić information content (AvgIpc) is 2.97. The Balaban J connectivity index is 1.74. The topological polar surface area (TPSA) is 58.4 Å². The predicted octanol–water partition coefficient (Wildman–Crippen LogP) is 2.84. The lowest BCUT2D eigenvalue weighted by molar-refractivity contribution is -0.120. The van der Waals surface area contributed by atoms with Crippen molar-refractivity contribution in [2.75, 3.05) is 25.0 Å². The lowest BCUT2D eigenvalue weighted by Crippen LogP contribution is -2.42. The fraction of sp³-hybridized carbons (Fsp3) is 0.421. The molecule has 4 heteroatoms. The van der Waals surface area contributed by atoms with E-state index in [2.05, 4.69) is 29.3 Å². The Morgan fingerprint density at radius 1 is 1.30 bits per heavy atom. The van der Waals surface area contributed by atoms with E-state index in [1.807, 2.05) is 37.3 Å². The summed E-state index contributed by atoms with van der Waals surface area (Å²) >= 11 is 0. The molecule has 23 heavy (non-hydrogen) atoms. The first-order valence-electron chi connectivity index (χ1n) is 8.25. The zero-order valence-electron chi connectivity index (χ0n) is 13.9. The van der Waals surface area contributed by atoms with E-state index in [4.69, 9.17) is 5.73 Å². The Labute approximate surface area is 137 Å². The van der Waals surface area contributed by atoms with Gasteiger partial charge < -0.3 is 11.1 Å². The van der Waals surface area contributed by atoms with Crippen LogP contribution in [0.2, 0.25) is 0 Å². The lowest BCUT2D eigenvalue weighted by Gasteiger charge is -2.26. The minimum absolute atomic E-state index is 0.0441. The first kappa shape index (κ1) is 16.0. The normalized spacial score (nSPS) is 23.1. The number of likely N-dealkylation sites (tertiary alicyclic amines) is 1. The van der Waals surface area contributed by atoms with Crippen LogP contribution < -0.4 is 11.1 Å². The van der Waals surface area contributed by atoms with Crippen LogP contribution in [0.3, 0.4) is 0 Å². The molecule has 122 valence electrons. The van der Waals surface area contributed by atoms with E-state index in [1.165, 1.54) is 0 Å². The van der Waals surface area contributed by atoms with Crippen molar-refractivity contribution in [3.8, 4) is 0 Å². The van der Waals surface area contributed by atoms with Crippen LogP contribution >= 0.6 is 0 Å². The molecule has 0 radical (unpaired) electrons. The minimum atomic E-state index is -0.151. The molecule has 0 aliphatic carbocycles. The van der Waals surface area contributed by atoms with Gasteiger partial charge in [-0.25, -0.2) is 0 Å². The lowest BCUT2D eigenvalue weighted by atomic mass is 9.90. The third-order valence-corrected chi connectivity index (χ3v) is 5.05. The van der Waals surface area contributed by atoms with Gasteiger partial charge in [0.05, 0.1) is 6.04 Å². The zero-order valence-corrected chi connectivity index (χ0v) is 13.9. The van der Waals surface area contributed by atoms with Gasteiger partial charge in [0, 0.05) is 17.6 Å². The first-order valence-corrected chi connectivity index (χ1v) is 8.25. The number of nitrogens with one attached hydrogen (secondary N) is 1. The van der Waals surface area contributed by atoms with Crippen molar-refractivity contribution in [3.05, 3.63) is 42.5 Å². The van der Waals surface area contributed by atoms with E-state index >= 15 is 0 Å². The number of carbonyl (C=O) groups excluding carboxylic acids is 1. The van der Waals surface area contributed by atoms with Gasteiger partial charge in [-0.15, -0.1) is 0 Å². The van der Waals surface area contributed by atoms with Crippen molar-refractivity contribution >= 4 is 22.4 Å². The van der Waals surface area contributed by atoms with Crippen molar-refractivity contribution in [2.24, 2.45) is 11.1 Å². The summed E-state index contributed by atoms with van der Waals surface area (Å²) in [6, 6.07) is 13.9. The molecule has 1 fully saturated rings. The first-order chi connectivity index (χ1) is 11.0. The number of hydrogen-bond acceptors (Lipinski definition) is 3. The van der Waals surface area contributed by atoms with Gasteiger partial charge in [-0.2, -0.15) is 0 Å². The second kappa shape index (κ2) is 6.30. The minimum Gasteiger partial charge on any atom is -0.330 e. The Hall–Kier alpha value is -1.91. The summed E-state index contributed by atoms with van der Waals surface area (Å²) in [4.78, 5) is 14.9. The van der Waals surface area contributed by atoms with Crippen LogP contribution in [0.5, 0.6) is 0 Å². The molecular weight excluding hydrogens is 286 g/mol. The maximum atomic E-state index is 12.7. The maximum Gasteiger partial charge on any atom is 0.241 e. The molecule has 1 aliphatic heterocycles. The predicted molar refractivity (Wildman–Crippen MR) is 95.4 cm³/mol. The van der Waals surface area contributed by atoms with Gasteiger partial charge in [0.1, 0.15) is 0 Å². The van der Waals surface area contributed by atoms with Gasteiger partial charge >= 0.3 is 0 Å². The van der Waals surface area contributed by atoms with E-state index in [1.54, 1.807) is 0 Å². The summed E-state index contributed by atoms with van der Waals surface area (Å²) in [5.74, 6) is 0.0441. The molecule has 1 aliphatic rings. The Bertz CT molecular complexity index is 709. The Morgan fingerprint density at radius 3 is 2.78 bits per heavy atom. The molecule has 1 amide bonds. The summed E-state index contributed by atoms with van der Waals surface area (Å²) in [5.41, 5.74) is 6.87. The zero-order chi connectivity index (χ0) is 16.4. The molecule has 0 bridgehead atoms. The average molecular weight is 311 g/mol. The van der Waals surface area contributed by atoms with Gasteiger partial charge in [-0.05, 0) is 43.3 Å². The highest BCUT2D eigenvalue weighted by atomic mass is 16.2. The van der Waals surface area contributed by atoms with Gasteiger partial charge in [0.15, 0.2) is 0 Å². The van der Waals surface area contributed by atoms with Crippen LogP contribution in [0.4, 0.5) is 5.69 Å². The quantitative estimate of drug-likeness (QED) is 0.913. The molecule has 0 aromatic heterocycles. The second-order valence-electron chi connectivity index (χ2n) is 6.93. The molecule has 3 rings (SSSR count). The molecule has 0 saturated carbocycles. The molecule has 4 nitrogen and oxygen atoms in total. The van der Waals surface area contributed by atoms with E-state index in [9.17, 15) is 4.79 Å². The molecule has 2 aromatic rings. The van der Waals surface area contributed by atoms with Gasteiger partial charge in [0.2, 0.25) is 5.91 Å². The fourth-order valence-corrected chi connectivity index (χ4v) is 3.30. The SMILES string of the molecule is CC(C(=O)Nc1cccc2ccccc12)N1CCC(C)(CN)C1. The molecule has 2 atom stereocenters. The van der Waals surface area contributed by atoms with Crippen LogP contribution in [0.15, 0.2) is 42.5 Å². The summed E-state index contributed by atoms with van der Waals surface area (Å²) in [7, 11) is 0. The van der Waals surface area contributed by atoms with Crippen molar-refractivity contribution in [3.63, 3.8) is 0 Å². The molecule has 2 unspecified atom stereocenters. The van der Waals surface area contributed by atoms with Gasteiger partial charge in [0.25, 0.3) is 0 Å². The van der Waals surface area contributed by atoms with Gasteiger partial charge in [-0.1, -0.05) is 43.3 Å².